The lowest BCUT2D eigenvalue weighted by atomic mass is 9.97. The van der Waals surface area contributed by atoms with Crippen molar-refractivity contribution in [1.29, 1.82) is 0 Å². The molecule has 0 saturated carbocycles. The van der Waals surface area contributed by atoms with Crippen molar-refractivity contribution in [3.05, 3.63) is 24.3 Å². The van der Waals surface area contributed by atoms with Crippen molar-refractivity contribution in [3.63, 3.8) is 0 Å². The van der Waals surface area contributed by atoms with Crippen LogP contribution in [-0.2, 0) is 0 Å². The fourth-order valence-corrected chi connectivity index (χ4v) is 2.57. The molecule has 0 bridgehead atoms. The molecule has 18 heavy (non-hydrogen) atoms. The molecule has 1 saturated heterocycles. The Kier molecular flexibility index (Phi) is 3.81. The first-order valence-corrected chi connectivity index (χ1v) is 6.71. The fourth-order valence-electron chi connectivity index (χ4n) is 2.57. The molecular formula is C15H24N2O. The van der Waals surface area contributed by atoms with E-state index in [9.17, 15) is 0 Å². The summed E-state index contributed by atoms with van der Waals surface area (Å²) in [5.41, 5.74) is 1.42. The van der Waals surface area contributed by atoms with Crippen LogP contribution in [0.3, 0.4) is 0 Å². The van der Waals surface area contributed by atoms with Gasteiger partial charge in [0.15, 0.2) is 0 Å². The molecule has 3 heteroatoms. The first-order chi connectivity index (χ1) is 8.55. The van der Waals surface area contributed by atoms with Gasteiger partial charge >= 0.3 is 0 Å². The van der Waals surface area contributed by atoms with Crippen LogP contribution in [0.2, 0.25) is 0 Å². The molecule has 0 aliphatic carbocycles. The summed E-state index contributed by atoms with van der Waals surface area (Å²) in [7, 11) is 1.72. The SMILES string of the molecule is CCC1CNC(C)(C)CN1c1cccc(OC)c1. The van der Waals surface area contributed by atoms with Crippen LogP contribution in [0.4, 0.5) is 5.69 Å². The Hall–Kier alpha value is -1.22. The van der Waals surface area contributed by atoms with Crippen LogP contribution >= 0.6 is 0 Å². The van der Waals surface area contributed by atoms with Gasteiger partial charge in [0.25, 0.3) is 0 Å². The van der Waals surface area contributed by atoms with Gasteiger partial charge in [-0.05, 0) is 32.4 Å². The Bertz CT molecular complexity index is 403. The predicted molar refractivity (Wildman–Crippen MR) is 76.5 cm³/mol. The molecular weight excluding hydrogens is 224 g/mol. The monoisotopic (exact) mass is 248 g/mol. The Morgan fingerprint density at radius 2 is 2.22 bits per heavy atom. The number of hydrogen-bond acceptors (Lipinski definition) is 3. The zero-order valence-corrected chi connectivity index (χ0v) is 11.9. The number of rotatable bonds is 3. The summed E-state index contributed by atoms with van der Waals surface area (Å²) in [6.07, 6.45) is 1.15. The third-order valence-electron chi connectivity index (χ3n) is 3.68. The van der Waals surface area contributed by atoms with Gasteiger partial charge in [0.05, 0.1) is 7.11 Å². The van der Waals surface area contributed by atoms with Crippen molar-refractivity contribution in [2.24, 2.45) is 0 Å². The van der Waals surface area contributed by atoms with Crippen molar-refractivity contribution in [2.75, 3.05) is 25.1 Å². The van der Waals surface area contributed by atoms with E-state index in [2.05, 4.69) is 49.2 Å². The number of ether oxygens (including phenoxy) is 1. The maximum atomic E-state index is 5.32. The highest BCUT2D eigenvalue weighted by molar-refractivity contribution is 5.52. The first-order valence-electron chi connectivity index (χ1n) is 6.71. The third-order valence-corrected chi connectivity index (χ3v) is 3.68. The van der Waals surface area contributed by atoms with E-state index in [1.165, 1.54) is 5.69 Å². The normalized spacial score (nSPS) is 22.9. The average molecular weight is 248 g/mol. The molecule has 1 aliphatic rings. The van der Waals surface area contributed by atoms with E-state index in [0.29, 0.717) is 6.04 Å². The fraction of sp³-hybridized carbons (Fsp3) is 0.600. The number of nitrogens with zero attached hydrogens (tertiary/aromatic N) is 1. The van der Waals surface area contributed by atoms with Crippen LogP contribution in [0.25, 0.3) is 0 Å². The van der Waals surface area contributed by atoms with Crippen LogP contribution < -0.4 is 15.0 Å². The van der Waals surface area contributed by atoms with Gasteiger partial charge in [-0.15, -0.1) is 0 Å². The standard InChI is InChI=1S/C15H24N2O/c1-5-12-10-16-15(2,3)11-17(12)13-7-6-8-14(9-13)18-4/h6-9,12,16H,5,10-11H2,1-4H3. The second kappa shape index (κ2) is 5.19. The molecule has 1 unspecified atom stereocenters. The van der Waals surface area contributed by atoms with E-state index in [1.54, 1.807) is 7.11 Å². The molecule has 1 fully saturated rings. The largest absolute Gasteiger partial charge is 0.497 e. The lowest BCUT2D eigenvalue weighted by Gasteiger charge is -2.45. The maximum Gasteiger partial charge on any atom is 0.120 e. The molecule has 1 aliphatic heterocycles. The highest BCUT2D eigenvalue weighted by Crippen LogP contribution is 2.27. The van der Waals surface area contributed by atoms with Crippen LogP contribution in [0.15, 0.2) is 24.3 Å². The van der Waals surface area contributed by atoms with E-state index in [4.69, 9.17) is 4.74 Å². The quantitative estimate of drug-likeness (QED) is 0.890. The lowest BCUT2D eigenvalue weighted by Crippen LogP contribution is -2.61. The Labute approximate surface area is 110 Å². The van der Waals surface area contributed by atoms with Crippen LogP contribution in [0.5, 0.6) is 5.75 Å². The van der Waals surface area contributed by atoms with Crippen LogP contribution in [-0.4, -0.2) is 31.8 Å². The molecule has 0 radical (unpaired) electrons. The van der Waals surface area contributed by atoms with Crippen molar-refractivity contribution in [3.8, 4) is 5.75 Å². The zero-order valence-electron chi connectivity index (χ0n) is 11.9. The molecule has 100 valence electrons. The smallest absolute Gasteiger partial charge is 0.120 e. The Morgan fingerprint density at radius 1 is 1.44 bits per heavy atom. The molecule has 0 spiro atoms. The summed E-state index contributed by atoms with van der Waals surface area (Å²) in [5.74, 6) is 0.929. The minimum atomic E-state index is 0.161. The van der Waals surface area contributed by atoms with Gasteiger partial charge in [0.2, 0.25) is 0 Å². The summed E-state index contributed by atoms with van der Waals surface area (Å²) in [6, 6.07) is 8.93. The molecule has 2 rings (SSSR count). The van der Waals surface area contributed by atoms with Crippen molar-refractivity contribution >= 4 is 5.69 Å². The van der Waals surface area contributed by atoms with E-state index >= 15 is 0 Å². The summed E-state index contributed by atoms with van der Waals surface area (Å²) in [5, 5.41) is 3.61. The van der Waals surface area contributed by atoms with Gasteiger partial charge in [0, 0.05) is 36.4 Å². The van der Waals surface area contributed by atoms with Crippen LogP contribution in [0, 0.1) is 0 Å². The van der Waals surface area contributed by atoms with Crippen molar-refractivity contribution in [2.45, 2.75) is 38.8 Å². The molecule has 0 aromatic heterocycles. The Balaban J connectivity index is 2.26. The average Bonchev–Trinajstić information content (AvgIpc) is 2.38. The minimum Gasteiger partial charge on any atom is -0.497 e. The number of hydrogen-bond donors (Lipinski definition) is 1. The number of piperazine rings is 1. The third kappa shape index (κ3) is 2.78. The minimum absolute atomic E-state index is 0.161. The summed E-state index contributed by atoms with van der Waals surface area (Å²) in [4.78, 5) is 2.50. The second-order valence-electron chi connectivity index (χ2n) is 5.66. The van der Waals surface area contributed by atoms with Gasteiger partial charge in [-0.1, -0.05) is 13.0 Å². The molecule has 3 nitrogen and oxygen atoms in total. The molecule has 0 amide bonds. The number of anilines is 1. The Morgan fingerprint density at radius 3 is 2.89 bits per heavy atom. The highest BCUT2D eigenvalue weighted by Gasteiger charge is 2.31. The van der Waals surface area contributed by atoms with Gasteiger partial charge < -0.3 is 15.0 Å². The topological polar surface area (TPSA) is 24.5 Å². The second-order valence-corrected chi connectivity index (χ2v) is 5.66. The van der Waals surface area contributed by atoms with Gasteiger partial charge in [-0.3, -0.25) is 0 Å². The molecule has 1 heterocycles. The maximum absolute atomic E-state index is 5.32. The lowest BCUT2D eigenvalue weighted by molar-refractivity contribution is 0.306. The number of methoxy groups -OCH3 is 1. The van der Waals surface area contributed by atoms with Gasteiger partial charge in [-0.25, -0.2) is 0 Å². The van der Waals surface area contributed by atoms with E-state index < -0.39 is 0 Å². The van der Waals surface area contributed by atoms with Crippen molar-refractivity contribution in [1.82, 2.24) is 5.32 Å². The summed E-state index contributed by atoms with van der Waals surface area (Å²) < 4.78 is 5.32. The van der Waals surface area contributed by atoms with Crippen LogP contribution in [0.1, 0.15) is 27.2 Å². The molecule has 1 atom stereocenters. The highest BCUT2D eigenvalue weighted by atomic mass is 16.5. The molecule has 1 aromatic carbocycles. The van der Waals surface area contributed by atoms with Gasteiger partial charge in [-0.2, -0.15) is 0 Å². The van der Waals surface area contributed by atoms with Gasteiger partial charge in [0.1, 0.15) is 5.75 Å². The first kappa shape index (κ1) is 13.2. The molecule has 1 N–H and O–H groups in total. The van der Waals surface area contributed by atoms with E-state index in [-0.39, 0.29) is 5.54 Å². The zero-order chi connectivity index (χ0) is 13.2. The van der Waals surface area contributed by atoms with Crippen molar-refractivity contribution < 1.29 is 4.74 Å². The molecule has 1 aromatic rings. The predicted octanol–water partition coefficient (Wildman–Crippen LogP) is 2.66. The number of nitrogens with one attached hydrogen (secondary N) is 1. The summed E-state index contributed by atoms with van der Waals surface area (Å²) in [6.45, 7) is 8.83. The van der Waals surface area contributed by atoms with E-state index in [1.807, 2.05) is 6.07 Å². The number of benzene rings is 1. The summed E-state index contributed by atoms with van der Waals surface area (Å²) >= 11 is 0. The van der Waals surface area contributed by atoms with E-state index in [0.717, 1.165) is 25.3 Å².